The maximum Gasteiger partial charge on any atom is 0.416 e. The van der Waals surface area contributed by atoms with Gasteiger partial charge in [0.05, 0.1) is 11.6 Å². The molecule has 0 aliphatic carbocycles. The summed E-state index contributed by atoms with van der Waals surface area (Å²) >= 11 is 0. The van der Waals surface area contributed by atoms with Crippen molar-refractivity contribution in [2.24, 2.45) is 0 Å². The number of tetrazole rings is 1. The smallest absolute Gasteiger partial charge is 0.381 e. The fourth-order valence-corrected chi connectivity index (χ4v) is 3.33. The lowest BCUT2D eigenvalue weighted by atomic mass is 9.98. The van der Waals surface area contributed by atoms with E-state index in [4.69, 9.17) is 4.74 Å². The zero-order chi connectivity index (χ0) is 19.6. The summed E-state index contributed by atoms with van der Waals surface area (Å²) in [6, 6.07) is 13.0. The number of benzene rings is 2. The average molecular weight is 388 g/mol. The van der Waals surface area contributed by atoms with Gasteiger partial charge in [-0.15, -0.1) is 10.2 Å². The number of ether oxygens (including phenoxy) is 1. The van der Waals surface area contributed by atoms with Crippen molar-refractivity contribution < 1.29 is 17.9 Å². The molecule has 2 aromatic carbocycles. The van der Waals surface area contributed by atoms with Gasteiger partial charge in [-0.05, 0) is 47.7 Å². The molecule has 28 heavy (non-hydrogen) atoms. The molecule has 1 aliphatic heterocycles. The van der Waals surface area contributed by atoms with Gasteiger partial charge in [0, 0.05) is 18.8 Å². The minimum atomic E-state index is -4.33. The van der Waals surface area contributed by atoms with Gasteiger partial charge >= 0.3 is 6.18 Å². The van der Waals surface area contributed by atoms with Crippen LogP contribution in [0.2, 0.25) is 0 Å². The van der Waals surface area contributed by atoms with Gasteiger partial charge in [0.1, 0.15) is 0 Å². The maximum atomic E-state index is 12.8. The highest BCUT2D eigenvalue weighted by Crippen LogP contribution is 2.30. The number of alkyl halides is 3. The van der Waals surface area contributed by atoms with E-state index in [1.165, 1.54) is 12.1 Å². The molecular formula is C20H19F3N4O. The van der Waals surface area contributed by atoms with Crippen LogP contribution in [0.25, 0.3) is 11.4 Å². The highest BCUT2D eigenvalue weighted by atomic mass is 19.4. The zero-order valence-corrected chi connectivity index (χ0v) is 15.1. The maximum absolute atomic E-state index is 12.8. The summed E-state index contributed by atoms with van der Waals surface area (Å²) in [5.74, 6) is 0.522. The van der Waals surface area contributed by atoms with Gasteiger partial charge in [-0.25, -0.2) is 0 Å². The lowest BCUT2D eigenvalue weighted by Gasteiger charge is -2.20. The second-order valence-electron chi connectivity index (χ2n) is 6.81. The largest absolute Gasteiger partial charge is 0.416 e. The predicted molar refractivity (Wildman–Crippen MR) is 96.6 cm³/mol. The Morgan fingerprint density at radius 3 is 2.43 bits per heavy atom. The van der Waals surface area contributed by atoms with Crippen molar-refractivity contribution in [2.45, 2.75) is 31.5 Å². The van der Waals surface area contributed by atoms with Crippen molar-refractivity contribution in [2.75, 3.05) is 13.2 Å². The minimum Gasteiger partial charge on any atom is -0.381 e. The molecule has 0 spiro atoms. The SMILES string of the molecule is FC(F)(F)c1ccc(Cc2ccccc2-c2nnn(C3CCOCC3)n2)cc1. The highest BCUT2D eigenvalue weighted by molar-refractivity contribution is 5.60. The van der Waals surface area contributed by atoms with Gasteiger partial charge in [-0.1, -0.05) is 36.4 Å². The molecule has 0 atom stereocenters. The monoisotopic (exact) mass is 388 g/mol. The van der Waals surface area contributed by atoms with E-state index in [-0.39, 0.29) is 6.04 Å². The summed E-state index contributed by atoms with van der Waals surface area (Å²) in [5, 5.41) is 12.9. The Labute approximate surface area is 160 Å². The lowest BCUT2D eigenvalue weighted by molar-refractivity contribution is -0.137. The van der Waals surface area contributed by atoms with Gasteiger partial charge in [-0.2, -0.15) is 18.0 Å². The van der Waals surface area contributed by atoms with Gasteiger partial charge in [-0.3, -0.25) is 0 Å². The zero-order valence-electron chi connectivity index (χ0n) is 15.1. The van der Waals surface area contributed by atoms with E-state index in [9.17, 15) is 13.2 Å². The van der Waals surface area contributed by atoms with Crippen molar-refractivity contribution in [3.63, 3.8) is 0 Å². The molecule has 8 heteroatoms. The summed E-state index contributed by atoms with van der Waals surface area (Å²) in [6.07, 6.45) is -2.14. The lowest BCUT2D eigenvalue weighted by Crippen LogP contribution is -2.21. The van der Waals surface area contributed by atoms with Crippen LogP contribution < -0.4 is 0 Å². The molecule has 5 nitrogen and oxygen atoms in total. The van der Waals surface area contributed by atoms with E-state index < -0.39 is 11.7 Å². The Morgan fingerprint density at radius 2 is 1.71 bits per heavy atom. The van der Waals surface area contributed by atoms with Crippen LogP contribution in [0.15, 0.2) is 48.5 Å². The van der Waals surface area contributed by atoms with Crippen molar-refractivity contribution in [1.29, 1.82) is 0 Å². The average Bonchev–Trinajstić information content (AvgIpc) is 3.19. The fraction of sp³-hybridized carbons (Fsp3) is 0.350. The molecule has 1 aliphatic rings. The van der Waals surface area contributed by atoms with Crippen molar-refractivity contribution in [3.05, 3.63) is 65.2 Å². The van der Waals surface area contributed by atoms with Crippen molar-refractivity contribution in [3.8, 4) is 11.4 Å². The molecule has 0 bridgehead atoms. The van der Waals surface area contributed by atoms with E-state index in [2.05, 4.69) is 15.4 Å². The van der Waals surface area contributed by atoms with Gasteiger partial charge < -0.3 is 4.74 Å². The van der Waals surface area contributed by atoms with E-state index in [0.717, 1.165) is 41.7 Å². The molecule has 4 rings (SSSR count). The summed E-state index contributed by atoms with van der Waals surface area (Å²) in [4.78, 5) is 1.65. The normalized spacial score (nSPS) is 15.7. The molecule has 0 amide bonds. The molecule has 2 heterocycles. The number of aromatic nitrogens is 4. The first kappa shape index (κ1) is 18.6. The second-order valence-corrected chi connectivity index (χ2v) is 6.81. The van der Waals surface area contributed by atoms with Crippen LogP contribution in [0.3, 0.4) is 0 Å². The molecule has 1 aromatic heterocycles. The van der Waals surface area contributed by atoms with Crippen LogP contribution in [-0.4, -0.2) is 33.4 Å². The van der Waals surface area contributed by atoms with E-state index in [1.807, 2.05) is 24.3 Å². The molecular weight excluding hydrogens is 369 g/mol. The van der Waals surface area contributed by atoms with Crippen LogP contribution in [0, 0.1) is 0 Å². The first-order valence-corrected chi connectivity index (χ1v) is 9.12. The first-order valence-electron chi connectivity index (χ1n) is 9.12. The van der Waals surface area contributed by atoms with Gasteiger partial charge in [0.2, 0.25) is 5.82 Å². The first-order chi connectivity index (χ1) is 13.5. The third-order valence-electron chi connectivity index (χ3n) is 4.88. The standard InChI is InChI=1S/C20H19F3N4O/c21-20(22,23)16-7-5-14(6-8-16)13-15-3-1-2-4-18(15)19-24-26-27(25-19)17-9-11-28-12-10-17/h1-8,17H,9-13H2. The molecule has 0 N–H and O–H groups in total. The van der Waals surface area contributed by atoms with E-state index >= 15 is 0 Å². The third kappa shape index (κ3) is 4.06. The third-order valence-corrected chi connectivity index (χ3v) is 4.88. The van der Waals surface area contributed by atoms with Crippen LogP contribution in [0.5, 0.6) is 0 Å². The number of hydrogen-bond acceptors (Lipinski definition) is 4. The molecule has 1 fully saturated rings. The number of rotatable bonds is 4. The molecule has 1 saturated heterocycles. The summed E-state index contributed by atoms with van der Waals surface area (Å²) < 4.78 is 43.6. The van der Waals surface area contributed by atoms with Crippen LogP contribution in [0.1, 0.15) is 35.6 Å². The summed E-state index contributed by atoms with van der Waals surface area (Å²) in [7, 11) is 0. The highest BCUT2D eigenvalue weighted by Gasteiger charge is 2.30. The Hall–Kier alpha value is -2.74. The predicted octanol–water partition coefficient (Wildman–Crippen LogP) is 4.30. The Balaban J connectivity index is 1.56. The fourth-order valence-electron chi connectivity index (χ4n) is 3.33. The molecule has 0 radical (unpaired) electrons. The van der Waals surface area contributed by atoms with Gasteiger partial charge in [0.25, 0.3) is 0 Å². The second kappa shape index (κ2) is 7.71. The Morgan fingerprint density at radius 1 is 1.00 bits per heavy atom. The van der Waals surface area contributed by atoms with E-state index in [1.54, 1.807) is 4.80 Å². The molecule has 146 valence electrons. The molecule has 0 unspecified atom stereocenters. The van der Waals surface area contributed by atoms with E-state index in [0.29, 0.717) is 25.5 Å². The number of halogens is 3. The number of nitrogens with zero attached hydrogens (tertiary/aromatic N) is 4. The van der Waals surface area contributed by atoms with Crippen molar-refractivity contribution in [1.82, 2.24) is 20.2 Å². The Bertz CT molecular complexity index is 931. The Kier molecular flexibility index (Phi) is 5.13. The van der Waals surface area contributed by atoms with Crippen molar-refractivity contribution >= 4 is 0 Å². The van der Waals surface area contributed by atoms with Crippen LogP contribution in [-0.2, 0) is 17.3 Å². The minimum absolute atomic E-state index is 0.178. The quantitative estimate of drug-likeness (QED) is 0.669. The summed E-state index contributed by atoms with van der Waals surface area (Å²) in [6.45, 7) is 1.37. The number of hydrogen-bond donors (Lipinski definition) is 0. The summed E-state index contributed by atoms with van der Waals surface area (Å²) in [5.41, 5.74) is 1.91. The topological polar surface area (TPSA) is 52.8 Å². The van der Waals surface area contributed by atoms with Crippen LogP contribution in [0.4, 0.5) is 13.2 Å². The molecule has 3 aromatic rings. The van der Waals surface area contributed by atoms with Crippen LogP contribution >= 0.6 is 0 Å². The molecule has 0 saturated carbocycles. The van der Waals surface area contributed by atoms with Gasteiger partial charge in [0.15, 0.2) is 0 Å².